The topological polar surface area (TPSA) is 33.6 Å². The van der Waals surface area contributed by atoms with Gasteiger partial charge in [0.2, 0.25) is 0 Å². The quantitative estimate of drug-likeness (QED) is 0.304. The second-order valence-corrected chi connectivity index (χ2v) is 5.29. The summed E-state index contributed by atoms with van der Waals surface area (Å²) in [5.74, 6) is -9.01. The number of benzene rings is 2. The van der Waals surface area contributed by atoms with Gasteiger partial charge in [-0.15, -0.1) is 0 Å². The fourth-order valence-electron chi connectivity index (χ4n) is 2.02. The lowest BCUT2D eigenvalue weighted by Crippen LogP contribution is -2.16. The molecule has 0 amide bonds. The van der Waals surface area contributed by atoms with Crippen molar-refractivity contribution in [2.75, 3.05) is 12.0 Å². The van der Waals surface area contributed by atoms with E-state index >= 15 is 0 Å². The molecule has 0 spiro atoms. The van der Waals surface area contributed by atoms with Gasteiger partial charge in [0.25, 0.3) is 0 Å². The summed E-state index contributed by atoms with van der Waals surface area (Å²) in [6.45, 7) is 2.44. The van der Waals surface area contributed by atoms with Crippen LogP contribution in [0.4, 0.5) is 36.4 Å². The lowest BCUT2D eigenvalue weighted by Gasteiger charge is -2.13. The highest BCUT2D eigenvalue weighted by Crippen LogP contribution is 2.38. The third kappa shape index (κ3) is 4.69. The Morgan fingerprint density at radius 3 is 2.00 bits per heavy atom. The van der Waals surface area contributed by atoms with Crippen LogP contribution >= 0.6 is 0 Å². The van der Waals surface area contributed by atoms with Crippen LogP contribution in [0.1, 0.15) is 24.5 Å². The molecule has 2 rings (SSSR count). The van der Waals surface area contributed by atoms with Crippen LogP contribution in [0, 0.1) is 23.3 Å². The molecule has 0 unspecified atom stereocenters. The summed E-state index contributed by atoms with van der Waals surface area (Å²) >= 11 is 0. The minimum atomic E-state index is -5.60. The first-order valence-electron chi connectivity index (χ1n) is 7.61. The smallest absolute Gasteiger partial charge is 0.422 e. The number of anilines is 1. The molecule has 0 saturated carbocycles. The van der Waals surface area contributed by atoms with Crippen molar-refractivity contribution in [3.63, 3.8) is 0 Å². The van der Waals surface area contributed by atoms with Crippen LogP contribution in [0.5, 0.6) is 5.75 Å². The minimum absolute atomic E-state index is 0.431. The lowest BCUT2D eigenvalue weighted by atomic mass is 10.1. The molecule has 27 heavy (non-hydrogen) atoms. The third-order valence-electron chi connectivity index (χ3n) is 3.29. The van der Waals surface area contributed by atoms with Gasteiger partial charge < -0.3 is 4.74 Å². The third-order valence-corrected chi connectivity index (χ3v) is 3.29. The summed E-state index contributed by atoms with van der Waals surface area (Å²) in [5.41, 5.74) is -2.01. The summed E-state index contributed by atoms with van der Waals surface area (Å²) in [6, 6.07) is 6.26. The second-order valence-electron chi connectivity index (χ2n) is 5.29. The number of hydrogen-bond acceptors (Lipinski definition) is 3. The van der Waals surface area contributed by atoms with Crippen LogP contribution in [-0.2, 0) is 6.18 Å². The summed E-state index contributed by atoms with van der Waals surface area (Å²) < 4.78 is 97.2. The average Bonchev–Trinajstić information content (AvgIpc) is 2.61. The van der Waals surface area contributed by atoms with Gasteiger partial charge in [-0.2, -0.15) is 18.3 Å². The molecular formula is C17H13F7N2O. The van der Waals surface area contributed by atoms with E-state index in [1.807, 2.05) is 6.92 Å². The van der Waals surface area contributed by atoms with Crippen LogP contribution in [0.3, 0.4) is 0 Å². The number of alkyl halides is 3. The highest BCUT2D eigenvalue weighted by molar-refractivity contribution is 5.80. The Morgan fingerprint density at radius 2 is 1.52 bits per heavy atom. The van der Waals surface area contributed by atoms with E-state index in [1.165, 1.54) is 12.1 Å². The van der Waals surface area contributed by atoms with Gasteiger partial charge in [0.05, 0.1) is 12.8 Å². The van der Waals surface area contributed by atoms with Gasteiger partial charge in [-0.05, 0) is 36.2 Å². The molecule has 0 bridgehead atoms. The van der Waals surface area contributed by atoms with Gasteiger partial charge in [-0.3, -0.25) is 5.43 Å². The number of rotatable bonds is 6. The SMILES string of the molecule is CCCOc1ccc(/C=N\Nc2c(F)c(F)c(C(F)(F)F)c(F)c2F)cc1. The molecule has 3 nitrogen and oxygen atoms in total. The van der Waals surface area contributed by atoms with Crippen molar-refractivity contribution in [3.8, 4) is 5.75 Å². The van der Waals surface area contributed by atoms with Gasteiger partial charge in [0.15, 0.2) is 23.3 Å². The maximum atomic E-state index is 13.7. The molecule has 2 aromatic rings. The molecule has 10 heteroatoms. The number of hydrogen-bond donors (Lipinski definition) is 1. The molecule has 0 aliphatic carbocycles. The van der Waals surface area contributed by atoms with Gasteiger partial charge in [0, 0.05) is 0 Å². The van der Waals surface area contributed by atoms with Crippen molar-refractivity contribution in [2.24, 2.45) is 5.10 Å². The fraction of sp³-hybridized carbons (Fsp3) is 0.235. The maximum Gasteiger partial charge on any atom is 0.422 e. The Balaban J connectivity index is 2.22. The van der Waals surface area contributed by atoms with Crippen molar-refractivity contribution < 1.29 is 35.5 Å². The predicted molar refractivity (Wildman–Crippen MR) is 84.7 cm³/mol. The summed E-state index contributed by atoms with van der Waals surface area (Å²) in [5, 5.41) is 3.39. The minimum Gasteiger partial charge on any atom is -0.494 e. The van der Waals surface area contributed by atoms with E-state index in [2.05, 4.69) is 5.10 Å². The van der Waals surface area contributed by atoms with Crippen LogP contribution in [0.25, 0.3) is 0 Å². The van der Waals surface area contributed by atoms with E-state index < -0.39 is 40.7 Å². The zero-order chi connectivity index (χ0) is 20.2. The van der Waals surface area contributed by atoms with E-state index in [4.69, 9.17) is 4.74 Å². The van der Waals surface area contributed by atoms with Gasteiger partial charge >= 0.3 is 6.18 Å². The average molecular weight is 394 g/mol. The molecule has 0 atom stereocenters. The Labute approximate surface area is 149 Å². The van der Waals surface area contributed by atoms with Crippen LogP contribution in [0.15, 0.2) is 29.4 Å². The normalized spacial score (nSPS) is 11.9. The maximum absolute atomic E-state index is 13.7. The number of halogens is 7. The van der Waals surface area contributed by atoms with Crippen molar-refractivity contribution in [2.45, 2.75) is 19.5 Å². The van der Waals surface area contributed by atoms with Gasteiger partial charge in [-0.1, -0.05) is 6.92 Å². The molecule has 0 heterocycles. The molecule has 0 aromatic heterocycles. The molecule has 2 aromatic carbocycles. The zero-order valence-corrected chi connectivity index (χ0v) is 13.8. The Hall–Kier alpha value is -2.78. The highest BCUT2D eigenvalue weighted by Gasteiger charge is 2.42. The number of nitrogens with one attached hydrogen (secondary N) is 1. The molecule has 0 aliphatic heterocycles. The van der Waals surface area contributed by atoms with E-state index in [-0.39, 0.29) is 0 Å². The molecule has 146 valence electrons. The molecule has 0 saturated heterocycles. The fourth-order valence-corrected chi connectivity index (χ4v) is 2.02. The van der Waals surface area contributed by atoms with E-state index in [0.29, 0.717) is 17.9 Å². The lowest BCUT2D eigenvalue weighted by molar-refractivity contribution is -0.143. The second kappa shape index (κ2) is 8.28. The Bertz CT molecular complexity index is 804. The molecule has 1 N–H and O–H groups in total. The Kier molecular flexibility index (Phi) is 6.29. The first-order chi connectivity index (χ1) is 12.7. The largest absolute Gasteiger partial charge is 0.494 e. The number of ether oxygens (including phenoxy) is 1. The molecule has 0 fully saturated rings. The molecule has 0 radical (unpaired) electrons. The standard InChI is InChI=1S/C17H13F7N2O/c1-2-7-27-10-5-3-9(4-6-10)8-25-26-16-14(20)12(18)11(17(22,23)24)13(19)15(16)21/h3-6,8,26H,2,7H2,1H3/b25-8-. The van der Waals surface area contributed by atoms with Crippen molar-refractivity contribution in [1.29, 1.82) is 0 Å². The number of nitrogens with zero attached hydrogens (tertiary/aromatic N) is 1. The van der Waals surface area contributed by atoms with E-state index in [1.54, 1.807) is 17.6 Å². The molecule has 0 aliphatic rings. The molecular weight excluding hydrogens is 381 g/mol. The van der Waals surface area contributed by atoms with E-state index in [0.717, 1.165) is 12.6 Å². The van der Waals surface area contributed by atoms with Crippen LogP contribution in [0.2, 0.25) is 0 Å². The van der Waals surface area contributed by atoms with Crippen molar-refractivity contribution >= 4 is 11.9 Å². The van der Waals surface area contributed by atoms with E-state index in [9.17, 15) is 30.7 Å². The summed E-state index contributed by atoms with van der Waals surface area (Å²) in [4.78, 5) is 0. The summed E-state index contributed by atoms with van der Waals surface area (Å²) in [7, 11) is 0. The first kappa shape index (κ1) is 20.5. The summed E-state index contributed by atoms with van der Waals surface area (Å²) in [6.07, 6.45) is -3.74. The predicted octanol–water partition coefficient (Wildman–Crippen LogP) is 5.50. The first-order valence-corrected chi connectivity index (χ1v) is 7.61. The van der Waals surface area contributed by atoms with Crippen molar-refractivity contribution in [3.05, 3.63) is 58.7 Å². The van der Waals surface area contributed by atoms with Crippen LogP contribution < -0.4 is 10.2 Å². The highest BCUT2D eigenvalue weighted by atomic mass is 19.4. The van der Waals surface area contributed by atoms with Gasteiger partial charge in [0.1, 0.15) is 17.0 Å². The Morgan fingerprint density at radius 1 is 0.963 bits per heavy atom. The number of hydrazone groups is 1. The monoisotopic (exact) mass is 394 g/mol. The zero-order valence-electron chi connectivity index (χ0n) is 13.8. The van der Waals surface area contributed by atoms with Gasteiger partial charge in [-0.25, -0.2) is 17.6 Å². The van der Waals surface area contributed by atoms with Crippen molar-refractivity contribution in [1.82, 2.24) is 0 Å². The van der Waals surface area contributed by atoms with Crippen LogP contribution in [-0.4, -0.2) is 12.8 Å².